The molecule has 0 radical (unpaired) electrons. The van der Waals surface area contributed by atoms with Crippen LogP contribution >= 0.6 is 0 Å². The molecule has 0 spiro atoms. The minimum absolute atomic E-state index is 0.0161. The normalized spacial score (nSPS) is 30.0. The average molecular weight is 169 g/mol. The lowest BCUT2D eigenvalue weighted by Gasteiger charge is -2.27. The number of hydrogen-bond donors (Lipinski definition) is 1. The van der Waals surface area contributed by atoms with Crippen LogP contribution in [0.1, 0.15) is 20.3 Å². The van der Waals surface area contributed by atoms with Gasteiger partial charge in [0, 0.05) is 6.04 Å². The van der Waals surface area contributed by atoms with Gasteiger partial charge in [0.2, 0.25) is 5.91 Å². The number of likely N-dealkylation sites (tertiary alicyclic amines) is 1. The van der Waals surface area contributed by atoms with Crippen LogP contribution in [0.2, 0.25) is 0 Å². The number of hydrogen-bond acceptors (Lipinski definition) is 2. The average Bonchev–Trinajstić information content (AvgIpc) is 2.24. The van der Waals surface area contributed by atoms with Crippen LogP contribution in [0.5, 0.6) is 0 Å². The van der Waals surface area contributed by atoms with E-state index in [0.717, 1.165) is 0 Å². The van der Waals surface area contributed by atoms with Crippen LogP contribution in [-0.4, -0.2) is 34.1 Å². The van der Waals surface area contributed by atoms with Crippen molar-refractivity contribution in [3.63, 3.8) is 0 Å². The van der Waals surface area contributed by atoms with Crippen molar-refractivity contribution in [1.29, 1.82) is 0 Å². The van der Waals surface area contributed by atoms with Crippen LogP contribution < -0.4 is 0 Å². The summed E-state index contributed by atoms with van der Waals surface area (Å²) in [4.78, 5) is 13.0. The second-order valence-corrected chi connectivity index (χ2v) is 3.39. The lowest BCUT2D eigenvalue weighted by Crippen LogP contribution is -2.40. The summed E-state index contributed by atoms with van der Waals surface area (Å²) in [7, 11) is 0. The van der Waals surface area contributed by atoms with Crippen LogP contribution in [0.25, 0.3) is 0 Å². The summed E-state index contributed by atoms with van der Waals surface area (Å²) < 4.78 is 0. The Morgan fingerprint density at radius 2 is 2.33 bits per heavy atom. The summed E-state index contributed by atoms with van der Waals surface area (Å²) in [5.74, 6) is 0.0161. The fourth-order valence-corrected chi connectivity index (χ4v) is 1.66. The summed E-state index contributed by atoms with van der Waals surface area (Å²) in [5.41, 5.74) is 0. The highest BCUT2D eigenvalue weighted by atomic mass is 16.3. The van der Waals surface area contributed by atoms with Gasteiger partial charge in [-0.2, -0.15) is 0 Å². The number of amides is 1. The first kappa shape index (κ1) is 9.26. The molecule has 3 heteroatoms. The zero-order chi connectivity index (χ0) is 9.30. The van der Waals surface area contributed by atoms with E-state index in [2.05, 4.69) is 6.58 Å². The van der Waals surface area contributed by atoms with Crippen LogP contribution in [0.3, 0.4) is 0 Å². The van der Waals surface area contributed by atoms with E-state index < -0.39 is 6.10 Å². The topological polar surface area (TPSA) is 40.5 Å². The molecule has 2 atom stereocenters. The van der Waals surface area contributed by atoms with Gasteiger partial charge in [-0.3, -0.25) is 4.79 Å². The molecule has 1 saturated heterocycles. The summed E-state index contributed by atoms with van der Waals surface area (Å²) >= 11 is 0. The van der Waals surface area contributed by atoms with E-state index >= 15 is 0 Å². The Morgan fingerprint density at radius 3 is 2.67 bits per heavy atom. The predicted molar refractivity (Wildman–Crippen MR) is 46.6 cm³/mol. The van der Waals surface area contributed by atoms with Crippen molar-refractivity contribution in [2.75, 3.05) is 0 Å². The van der Waals surface area contributed by atoms with E-state index in [1.54, 1.807) is 11.0 Å². The second-order valence-electron chi connectivity index (χ2n) is 3.39. The molecule has 1 rings (SSSR count). The number of aliphatic hydroxyl groups excluding tert-OH is 1. The van der Waals surface area contributed by atoms with Gasteiger partial charge in [0.25, 0.3) is 0 Å². The molecule has 0 bridgehead atoms. The summed E-state index contributed by atoms with van der Waals surface area (Å²) in [6.45, 7) is 7.48. The molecule has 0 aromatic heterocycles. The standard InChI is InChI=1S/C9H15NO2/c1-4-7-8(11)5-9(12)10(7)6(2)3/h4,6-8,11H,1,5H2,2-3H3/t7-,8+/m1/s1. The van der Waals surface area contributed by atoms with Gasteiger partial charge in [-0.05, 0) is 13.8 Å². The maximum absolute atomic E-state index is 11.3. The molecule has 68 valence electrons. The Balaban J connectivity index is 2.81. The van der Waals surface area contributed by atoms with E-state index in [4.69, 9.17) is 0 Å². The molecule has 1 aliphatic rings. The first-order valence-corrected chi connectivity index (χ1v) is 4.19. The van der Waals surface area contributed by atoms with Crippen LogP contribution in [-0.2, 0) is 4.79 Å². The second kappa shape index (κ2) is 3.27. The van der Waals surface area contributed by atoms with Gasteiger partial charge in [0.1, 0.15) is 0 Å². The first-order chi connectivity index (χ1) is 5.57. The van der Waals surface area contributed by atoms with E-state index in [1.807, 2.05) is 13.8 Å². The third-order valence-corrected chi connectivity index (χ3v) is 2.19. The fraction of sp³-hybridized carbons (Fsp3) is 0.667. The van der Waals surface area contributed by atoms with Gasteiger partial charge in [-0.1, -0.05) is 6.08 Å². The number of rotatable bonds is 2. The molecular formula is C9H15NO2. The monoisotopic (exact) mass is 169 g/mol. The maximum atomic E-state index is 11.3. The van der Waals surface area contributed by atoms with Crippen molar-refractivity contribution in [2.45, 2.75) is 38.5 Å². The van der Waals surface area contributed by atoms with Crippen molar-refractivity contribution in [2.24, 2.45) is 0 Å². The summed E-state index contributed by atoms with van der Waals surface area (Å²) in [5, 5.41) is 9.44. The lowest BCUT2D eigenvalue weighted by molar-refractivity contribution is -0.129. The van der Waals surface area contributed by atoms with E-state index in [-0.39, 0.29) is 24.4 Å². The molecule has 12 heavy (non-hydrogen) atoms. The number of aliphatic hydroxyl groups is 1. The van der Waals surface area contributed by atoms with E-state index in [9.17, 15) is 9.90 Å². The van der Waals surface area contributed by atoms with E-state index in [0.29, 0.717) is 0 Å². The molecule has 1 N–H and O–H groups in total. The van der Waals surface area contributed by atoms with Crippen LogP contribution in [0, 0.1) is 0 Å². The van der Waals surface area contributed by atoms with Crippen molar-refractivity contribution >= 4 is 5.91 Å². The van der Waals surface area contributed by atoms with Crippen molar-refractivity contribution in [3.8, 4) is 0 Å². The zero-order valence-corrected chi connectivity index (χ0v) is 7.53. The van der Waals surface area contributed by atoms with Crippen molar-refractivity contribution < 1.29 is 9.90 Å². The van der Waals surface area contributed by atoms with Crippen molar-refractivity contribution in [1.82, 2.24) is 4.90 Å². The van der Waals surface area contributed by atoms with Gasteiger partial charge < -0.3 is 10.0 Å². The quantitative estimate of drug-likeness (QED) is 0.613. The molecule has 3 nitrogen and oxygen atoms in total. The van der Waals surface area contributed by atoms with Gasteiger partial charge in [-0.25, -0.2) is 0 Å². The minimum Gasteiger partial charge on any atom is -0.390 e. The first-order valence-electron chi connectivity index (χ1n) is 4.19. The predicted octanol–water partition coefficient (Wildman–Crippen LogP) is 0.543. The highest BCUT2D eigenvalue weighted by Crippen LogP contribution is 2.22. The Kier molecular flexibility index (Phi) is 2.52. The zero-order valence-electron chi connectivity index (χ0n) is 7.53. The number of carbonyl (C=O) groups excluding carboxylic acids is 1. The SMILES string of the molecule is C=C[C@@H]1[C@@H](O)CC(=O)N1C(C)C. The van der Waals surface area contributed by atoms with Gasteiger partial charge >= 0.3 is 0 Å². The number of carbonyl (C=O) groups is 1. The molecule has 0 saturated carbocycles. The Labute approximate surface area is 72.7 Å². The molecule has 0 aliphatic carbocycles. The van der Waals surface area contributed by atoms with Gasteiger partial charge in [-0.15, -0.1) is 6.58 Å². The van der Waals surface area contributed by atoms with Crippen LogP contribution in [0.4, 0.5) is 0 Å². The third kappa shape index (κ3) is 1.37. The van der Waals surface area contributed by atoms with E-state index in [1.165, 1.54) is 0 Å². The summed E-state index contributed by atoms with van der Waals surface area (Å²) in [6.07, 6.45) is 1.29. The fourth-order valence-electron chi connectivity index (χ4n) is 1.66. The number of nitrogens with zero attached hydrogens (tertiary/aromatic N) is 1. The Hall–Kier alpha value is -0.830. The molecule has 1 fully saturated rings. The molecule has 0 aromatic carbocycles. The molecule has 1 amide bonds. The third-order valence-electron chi connectivity index (χ3n) is 2.19. The molecule has 1 heterocycles. The highest BCUT2D eigenvalue weighted by molar-refractivity contribution is 5.80. The molecule has 0 aromatic rings. The van der Waals surface area contributed by atoms with Crippen molar-refractivity contribution in [3.05, 3.63) is 12.7 Å². The minimum atomic E-state index is -0.572. The van der Waals surface area contributed by atoms with Gasteiger partial charge in [0.05, 0.1) is 18.6 Å². The molecular weight excluding hydrogens is 154 g/mol. The summed E-state index contributed by atoms with van der Waals surface area (Å²) in [6, 6.07) is -0.0600. The Bertz CT molecular complexity index is 201. The van der Waals surface area contributed by atoms with Crippen LogP contribution in [0.15, 0.2) is 12.7 Å². The Morgan fingerprint density at radius 1 is 1.75 bits per heavy atom. The maximum Gasteiger partial charge on any atom is 0.226 e. The van der Waals surface area contributed by atoms with Gasteiger partial charge in [0.15, 0.2) is 0 Å². The molecule has 1 aliphatic heterocycles. The smallest absolute Gasteiger partial charge is 0.226 e. The molecule has 0 unspecified atom stereocenters. The highest BCUT2D eigenvalue weighted by Gasteiger charge is 2.37. The lowest BCUT2D eigenvalue weighted by atomic mass is 10.1. The largest absolute Gasteiger partial charge is 0.390 e.